The number of hydrogen-bond acceptors (Lipinski definition) is 4. The summed E-state index contributed by atoms with van der Waals surface area (Å²) in [5.41, 5.74) is 0. The summed E-state index contributed by atoms with van der Waals surface area (Å²) >= 11 is 0. The summed E-state index contributed by atoms with van der Waals surface area (Å²) in [6, 6.07) is 0. The van der Waals surface area contributed by atoms with Crippen LogP contribution >= 0.6 is 0 Å². The van der Waals surface area contributed by atoms with Gasteiger partial charge in [0.2, 0.25) is 0 Å². The van der Waals surface area contributed by atoms with Gasteiger partial charge in [0.05, 0.1) is 13.2 Å². The van der Waals surface area contributed by atoms with Crippen LogP contribution in [0.2, 0.25) is 0 Å². The van der Waals surface area contributed by atoms with Crippen molar-refractivity contribution in [3.8, 4) is 0 Å². The maximum absolute atomic E-state index is 11.1. The second-order valence-corrected chi connectivity index (χ2v) is 5.87. The zero-order valence-electron chi connectivity index (χ0n) is 16.4. The first-order chi connectivity index (χ1) is 12.7. The largest absolute Gasteiger partial charge is 0.457 e. The minimum Gasteiger partial charge on any atom is -0.457 e. The van der Waals surface area contributed by atoms with Gasteiger partial charge in [0.1, 0.15) is 6.10 Å². The molecule has 0 fully saturated rings. The van der Waals surface area contributed by atoms with E-state index in [4.69, 9.17) is 14.6 Å². The van der Waals surface area contributed by atoms with Gasteiger partial charge in [-0.05, 0) is 38.5 Å². The van der Waals surface area contributed by atoms with Crippen LogP contribution < -0.4 is 0 Å². The van der Waals surface area contributed by atoms with Crippen molar-refractivity contribution in [2.75, 3.05) is 19.8 Å². The second kappa shape index (κ2) is 19.7. The quantitative estimate of drug-likeness (QED) is 0.240. The van der Waals surface area contributed by atoms with Crippen LogP contribution in [-0.4, -0.2) is 37.0 Å². The highest BCUT2D eigenvalue weighted by Gasteiger charge is 2.11. The summed E-state index contributed by atoms with van der Waals surface area (Å²) in [6.07, 6.45) is 23.1. The predicted molar refractivity (Wildman–Crippen MR) is 108 cm³/mol. The Hall–Kier alpha value is -1.65. The molecule has 0 aromatic heterocycles. The molecule has 0 bridgehead atoms. The molecule has 26 heavy (non-hydrogen) atoms. The van der Waals surface area contributed by atoms with Gasteiger partial charge in [0.15, 0.2) is 0 Å². The van der Waals surface area contributed by atoms with Crippen molar-refractivity contribution in [3.63, 3.8) is 0 Å². The molecular formula is C22H36O4. The molecule has 0 spiro atoms. The van der Waals surface area contributed by atoms with Gasteiger partial charge < -0.3 is 14.6 Å². The fraction of sp³-hybridized carbons (Fsp3) is 0.591. The van der Waals surface area contributed by atoms with E-state index in [1.807, 2.05) is 0 Å². The number of aliphatic hydroxyl groups is 1. The molecule has 0 amide bonds. The third kappa shape index (κ3) is 17.2. The van der Waals surface area contributed by atoms with Crippen LogP contribution in [-0.2, 0) is 14.3 Å². The average molecular weight is 365 g/mol. The van der Waals surface area contributed by atoms with Gasteiger partial charge in [-0.15, -0.1) is 0 Å². The van der Waals surface area contributed by atoms with Crippen molar-refractivity contribution in [2.45, 2.75) is 64.9 Å². The van der Waals surface area contributed by atoms with Crippen molar-refractivity contribution in [1.29, 1.82) is 0 Å². The normalized spacial score (nSPS) is 13.5. The first-order valence-corrected chi connectivity index (χ1v) is 9.72. The fourth-order valence-electron chi connectivity index (χ4n) is 2.01. The lowest BCUT2D eigenvalue weighted by Gasteiger charge is -2.15. The van der Waals surface area contributed by atoms with E-state index in [9.17, 15) is 4.79 Å². The van der Waals surface area contributed by atoms with Crippen molar-refractivity contribution in [3.05, 3.63) is 48.6 Å². The highest BCUT2D eigenvalue weighted by Crippen LogP contribution is 2.00. The smallest absolute Gasteiger partial charge is 0.305 e. The SMILES string of the molecule is CC/C=C\C/C=C\C/C=C\C/C=C\CCCOCC(CO)OC(=O)CC. The zero-order valence-corrected chi connectivity index (χ0v) is 16.4. The van der Waals surface area contributed by atoms with Gasteiger partial charge in [-0.3, -0.25) is 4.79 Å². The van der Waals surface area contributed by atoms with Gasteiger partial charge >= 0.3 is 5.97 Å². The number of hydrogen-bond donors (Lipinski definition) is 1. The Morgan fingerprint density at radius 1 is 0.923 bits per heavy atom. The van der Waals surface area contributed by atoms with Crippen LogP contribution in [0.1, 0.15) is 58.8 Å². The number of allylic oxidation sites excluding steroid dienone is 8. The Bertz CT molecular complexity index is 435. The van der Waals surface area contributed by atoms with Gasteiger partial charge in [-0.25, -0.2) is 0 Å². The lowest BCUT2D eigenvalue weighted by atomic mass is 10.2. The van der Waals surface area contributed by atoms with E-state index in [0.29, 0.717) is 13.0 Å². The molecule has 1 N–H and O–H groups in total. The average Bonchev–Trinajstić information content (AvgIpc) is 2.66. The number of ether oxygens (including phenoxy) is 2. The summed E-state index contributed by atoms with van der Waals surface area (Å²) in [5, 5.41) is 9.11. The fourth-order valence-corrected chi connectivity index (χ4v) is 2.01. The summed E-state index contributed by atoms with van der Waals surface area (Å²) in [5.74, 6) is -0.313. The summed E-state index contributed by atoms with van der Waals surface area (Å²) < 4.78 is 10.5. The van der Waals surface area contributed by atoms with Crippen LogP contribution in [0.5, 0.6) is 0 Å². The van der Waals surface area contributed by atoms with Crippen molar-refractivity contribution < 1.29 is 19.4 Å². The monoisotopic (exact) mass is 364 g/mol. The number of rotatable bonds is 16. The van der Waals surface area contributed by atoms with E-state index < -0.39 is 6.10 Å². The van der Waals surface area contributed by atoms with Crippen LogP contribution in [0.15, 0.2) is 48.6 Å². The third-order valence-electron chi connectivity index (χ3n) is 3.47. The number of carbonyl (C=O) groups is 1. The number of aliphatic hydroxyl groups excluding tert-OH is 1. The minimum atomic E-state index is -0.556. The molecule has 4 nitrogen and oxygen atoms in total. The predicted octanol–water partition coefficient (Wildman–Crippen LogP) is 4.90. The van der Waals surface area contributed by atoms with Crippen LogP contribution in [0.3, 0.4) is 0 Å². The van der Waals surface area contributed by atoms with Crippen LogP contribution in [0, 0.1) is 0 Å². The highest BCUT2D eigenvalue weighted by atomic mass is 16.6. The molecule has 0 aromatic rings. The highest BCUT2D eigenvalue weighted by molar-refractivity contribution is 5.69. The van der Waals surface area contributed by atoms with Gasteiger partial charge in [0.25, 0.3) is 0 Å². The molecule has 0 saturated heterocycles. The molecule has 0 aliphatic heterocycles. The Kier molecular flexibility index (Phi) is 18.4. The molecule has 0 aliphatic carbocycles. The molecule has 0 rings (SSSR count). The summed E-state index contributed by atoms with van der Waals surface area (Å²) in [6.45, 7) is 4.50. The minimum absolute atomic E-state index is 0.206. The zero-order chi connectivity index (χ0) is 19.3. The first-order valence-electron chi connectivity index (χ1n) is 9.72. The first kappa shape index (κ1) is 24.4. The van der Waals surface area contributed by atoms with Gasteiger partial charge in [-0.1, -0.05) is 62.5 Å². The van der Waals surface area contributed by atoms with E-state index in [1.165, 1.54) is 0 Å². The maximum Gasteiger partial charge on any atom is 0.305 e. The van der Waals surface area contributed by atoms with E-state index in [2.05, 4.69) is 55.5 Å². The van der Waals surface area contributed by atoms with Crippen LogP contribution in [0.4, 0.5) is 0 Å². The van der Waals surface area contributed by atoms with Crippen molar-refractivity contribution in [2.24, 2.45) is 0 Å². The molecule has 0 heterocycles. The van der Waals surface area contributed by atoms with Gasteiger partial charge in [0, 0.05) is 13.0 Å². The van der Waals surface area contributed by atoms with Crippen molar-refractivity contribution in [1.82, 2.24) is 0 Å². The topological polar surface area (TPSA) is 55.8 Å². The molecule has 148 valence electrons. The molecule has 0 saturated carbocycles. The summed E-state index contributed by atoms with van der Waals surface area (Å²) in [7, 11) is 0. The van der Waals surface area contributed by atoms with Crippen LogP contribution in [0.25, 0.3) is 0 Å². The summed E-state index contributed by atoms with van der Waals surface area (Å²) in [4.78, 5) is 11.1. The Labute approximate surface area is 159 Å². The lowest BCUT2D eigenvalue weighted by molar-refractivity contribution is -0.154. The number of carbonyl (C=O) groups excluding carboxylic acids is 1. The molecule has 0 radical (unpaired) electrons. The lowest BCUT2D eigenvalue weighted by Crippen LogP contribution is -2.27. The van der Waals surface area contributed by atoms with E-state index >= 15 is 0 Å². The van der Waals surface area contributed by atoms with Crippen molar-refractivity contribution >= 4 is 5.97 Å². The number of esters is 1. The second-order valence-electron chi connectivity index (χ2n) is 5.87. The van der Waals surface area contributed by atoms with E-state index in [1.54, 1.807) is 6.92 Å². The Morgan fingerprint density at radius 2 is 1.50 bits per heavy atom. The molecule has 4 heteroatoms. The number of unbranched alkanes of at least 4 members (excludes halogenated alkanes) is 1. The standard InChI is InChI=1S/C22H36O4/c1-3-5-6-7-8-9-10-11-12-13-14-15-16-17-18-25-20-21(19-23)26-22(24)4-2/h5-6,8-9,11-12,14-15,21,23H,3-4,7,10,13,16-20H2,1-2H3/b6-5-,9-8-,12-11-,15-14-. The molecule has 1 atom stereocenters. The molecule has 0 aromatic carbocycles. The molecule has 1 unspecified atom stereocenters. The van der Waals surface area contributed by atoms with E-state index in [-0.39, 0.29) is 19.2 Å². The third-order valence-corrected chi connectivity index (χ3v) is 3.47. The Morgan fingerprint density at radius 3 is 2.04 bits per heavy atom. The Balaban J connectivity index is 3.54. The van der Waals surface area contributed by atoms with E-state index in [0.717, 1.165) is 38.5 Å². The maximum atomic E-state index is 11.1. The van der Waals surface area contributed by atoms with Gasteiger partial charge in [-0.2, -0.15) is 0 Å². The molecular weight excluding hydrogens is 328 g/mol. The molecule has 0 aliphatic rings.